The Bertz CT molecular complexity index is 725. The van der Waals surface area contributed by atoms with Gasteiger partial charge in [-0.15, -0.1) is 0 Å². The highest BCUT2D eigenvalue weighted by atomic mass is 35.5. The van der Waals surface area contributed by atoms with Crippen molar-refractivity contribution >= 4 is 17.5 Å². The van der Waals surface area contributed by atoms with Crippen LogP contribution in [-0.4, -0.2) is 20.6 Å². The van der Waals surface area contributed by atoms with Crippen LogP contribution in [0.25, 0.3) is 22.5 Å². The minimum absolute atomic E-state index is 0.01000. The van der Waals surface area contributed by atoms with Crippen molar-refractivity contribution in [2.24, 2.45) is 0 Å². The van der Waals surface area contributed by atoms with E-state index in [0.717, 1.165) is 0 Å². The Morgan fingerprint density at radius 3 is 2.95 bits per heavy atom. The van der Waals surface area contributed by atoms with Gasteiger partial charge in [0.05, 0.1) is 16.8 Å². The second kappa shape index (κ2) is 4.36. The molecule has 8 heteroatoms. The van der Waals surface area contributed by atoms with E-state index in [4.69, 9.17) is 21.9 Å². The number of nitrogen functional groups attached to an aromatic ring is 1. The molecule has 2 aromatic heterocycles. The first-order valence-electron chi connectivity index (χ1n) is 5.24. The van der Waals surface area contributed by atoms with Gasteiger partial charge in [0, 0.05) is 5.56 Å². The quantitative estimate of drug-likeness (QED) is 0.751. The molecule has 0 aliphatic carbocycles. The average Bonchev–Trinajstić information content (AvgIpc) is 3.02. The lowest BCUT2D eigenvalue weighted by molar-refractivity contribution is 0.439. The molecular formula is C11H7ClFN5O. The maximum atomic E-state index is 14.1. The summed E-state index contributed by atoms with van der Waals surface area (Å²) >= 11 is 5.76. The smallest absolute Gasteiger partial charge is 0.230 e. The van der Waals surface area contributed by atoms with E-state index in [1.807, 2.05) is 0 Å². The lowest BCUT2D eigenvalue weighted by Crippen LogP contribution is -1.91. The van der Waals surface area contributed by atoms with Crippen LogP contribution in [0.4, 0.5) is 10.3 Å². The molecule has 6 nitrogen and oxygen atoms in total. The summed E-state index contributed by atoms with van der Waals surface area (Å²) < 4.78 is 19.0. The predicted molar refractivity (Wildman–Crippen MR) is 66.7 cm³/mol. The van der Waals surface area contributed by atoms with E-state index in [9.17, 15) is 4.39 Å². The van der Waals surface area contributed by atoms with Gasteiger partial charge in [-0.25, -0.2) is 4.39 Å². The van der Waals surface area contributed by atoms with Crippen molar-refractivity contribution in [1.82, 2.24) is 20.6 Å². The van der Waals surface area contributed by atoms with Crippen LogP contribution in [0.2, 0.25) is 5.02 Å². The molecule has 3 rings (SSSR count). The van der Waals surface area contributed by atoms with E-state index < -0.39 is 5.82 Å². The third-order valence-electron chi connectivity index (χ3n) is 2.60. The summed E-state index contributed by atoms with van der Waals surface area (Å²) in [6.45, 7) is 0. The van der Waals surface area contributed by atoms with E-state index in [-0.39, 0.29) is 16.5 Å². The lowest BCUT2D eigenvalue weighted by Gasteiger charge is -2.03. The Morgan fingerprint density at radius 2 is 2.21 bits per heavy atom. The third-order valence-corrected chi connectivity index (χ3v) is 2.89. The standard InChI is InChI=1S/C11H7ClFN5O/c12-6-3-1-2-5(9(6)13)8-10(17-19-11(8)14)7-4-15-18-16-7/h1-4H,14H2,(H,15,16,18). The Balaban J connectivity index is 2.26. The molecule has 3 aromatic rings. The molecule has 0 fully saturated rings. The van der Waals surface area contributed by atoms with Crippen molar-refractivity contribution in [1.29, 1.82) is 0 Å². The second-order valence-corrected chi connectivity index (χ2v) is 4.13. The van der Waals surface area contributed by atoms with Gasteiger partial charge in [-0.1, -0.05) is 28.9 Å². The summed E-state index contributed by atoms with van der Waals surface area (Å²) in [4.78, 5) is 0. The van der Waals surface area contributed by atoms with E-state index in [2.05, 4.69) is 20.6 Å². The topological polar surface area (TPSA) is 93.6 Å². The van der Waals surface area contributed by atoms with Gasteiger partial charge in [0.25, 0.3) is 0 Å². The number of hydrogen-bond donors (Lipinski definition) is 2. The minimum Gasteiger partial charge on any atom is -0.367 e. The number of nitrogens with two attached hydrogens (primary N) is 1. The molecule has 3 N–H and O–H groups in total. The maximum Gasteiger partial charge on any atom is 0.230 e. The Kier molecular flexibility index (Phi) is 2.68. The SMILES string of the molecule is Nc1onc(-c2cn[nH]n2)c1-c1cccc(Cl)c1F. The van der Waals surface area contributed by atoms with E-state index in [0.29, 0.717) is 17.0 Å². The molecule has 0 atom stereocenters. The highest BCUT2D eigenvalue weighted by Crippen LogP contribution is 2.37. The number of aromatic amines is 1. The summed E-state index contributed by atoms with van der Waals surface area (Å²) in [5, 5.41) is 13.7. The molecular weight excluding hydrogens is 273 g/mol. The fourth-order valence-corrected chi connectivity index (χ4v) is 1.93. The number of anilines is 1. The monoisotopic (exact) mass is 279 g/mol. The molecule has 0 saturated heterocycles. The van der Waals surface area contributed by atoms with Crippen molar-refractivity contribution in [2.75, 3.05) is 5.73 Å². The predicted octanol–water partition coefficient (Wildman–Crippen LogP) is 2.50. The molecule has 0 aliphatic rings. The highest BCUT2D eigenvalue weighted by Gasteiger charge is 2.22. The Labute approximate surface area is 111 Å². The summed E-state index contributed by atoms with van der Waals surface area (Å²) in [6, 6.07) is 4.59. The second-order valence-electron chi connectivity index (χ2n) is 3.73. The first kappa shape index (κ1) is 11.7. The Morgan fingerprint density at radius 1 is 1.37 bits per heavy atom. The third kappa shape index (κ3) is 1.84. The van der Waals surface area contributed by atoms with Crippen molar-refractivity contribution < 1.29 is 8.91 Å². The van der Waals surface area contributed by atoms with Gasteiger partial charge in [0.2, 0.25) is 5.88 Å². The number of halogens is 2. The zero-order chi connectivity index (χ0) is 13.4. The van der Waals surface area contributed by atoms with E-state index in [1.54, 1.807) is 6.07 Å². The zero-order valence-corrected chi connectivity index (χ0v) is 10.1. The molecule has 2 heterocycles. The number of nitrogens with one attached hydrogen (secondary N) is 1. The fourth-order valence-electron chi connectivity index (χ4n) is 1.75. The zero-order valence-electron chi connectivity index (χ0n) is 9.39. The molecule has 19 heavy (non-hydrogen) atoms. The van der Waals surface area contributed by atoms with Crippen molar-refractivity contribution in [3.63, 3.8) is 0 Å². The number of rotatable bonds is 2. The molecule has 0 aliphatic heterocycles. The maximum absolute atomic E-state index is 14.1. The summed E-state index contributed by atoms with van der Waals surface area (Å²) in [5.41, 5.74) is 6.90. The molecule has 0 spiro atoms. The van der Waals surface area contributed by atoms with Crippen LogP contribution in [0.5, 0.6) is 0 Å². The van der Waals surface area contributed by atoms with Crippen molar-refractivity contribution in [2.45, 2.75) is 0 Å². The minimum atomic E-state index is -0.594. The van der Waals surface area contributed by atoms with E-state index >= 15 is 0 Å². The van der Waals surface area contributed by atoms with Gasteiger partial charge >= 0.3 is 0 Å². The van der Waals surface area contributed by atoms with Gasteiger partial charge in [-0.3, -0.25) is 0 Å². The summed E-state index contributed by atoms with van der Waals surface area (Å²) in [7, 11) is 0. The van der Waals surface area contributed by atoms with Crippen LogP contribution in [0.15, 0.2) is 28.9 Å². The van der Waals surface area contributed by atoms with Gasteiger partial charge in [0.1, 0.15) is 17.2 Å². The first-order chi connectivity index (χ1) is 9.18. The normalized spacial score (nSPS) is 10.8. The number of benzene rings is 1. The number of nitrogens with zero attached hydrogens (tertiary/aromatic N) is 3. The first-order valence-corrected chi connectivity index (χ1v) is 5.62. The van der Waals surface area contributed by atoms with E-state index in [1.165, 1.54) is 18.3 Å². The lowest BCUT2D eigenvalue weighted by atomic mass is 10.0. The van der Waals surface area contributed by atoms with Crippen LogP contribution in [-0.2, 0) is 0 Å². The molecule has 0 saturated carbocycles. The summed E-state index contributed by atoms with van der Waals surface area (Å²) in [5.74, 6) is -0.608. The fraction of sp³-hybridized carbons (Fsp3) is 0. The number of H-pyrrole nitrogens is 1. The van der Waals surface area contributed by atoms with Crippen LogP contribution < -0.4 is 5.73 Å². The molecule has 0 bridgehead atoms. The molecule has 0 radical (unpaired) electrons. The molecule has 0 amide bonds. The van der Waals surface area contributed by atoms with Gasteiger partial charge in [0.15, 0.2) is 0 Å². The summed E-state index contributed by atoms with van der Waals surface area (Å²) in [6.07, 6.45) is 1.43. The highest BCUT2D eigenvalue weighted by molar-refractivity contribution is 6.31. The van der Waals surface area contributed by atoms with Crippen LogP contribution in [0.1, 0.15) is 0 Å². The largest absolute Gasteiger partial charge is 0.367 e. The van der Waals surface area contributed by atoms with Gasteiger partial charge in [-0.05, 0) is 6.07 Å². The number of aromatic nitrogens is 4. The van der Waals surface area contributed by atoms with Crippen LogP contribution >= 0.6 is 11.6 Å². The van der Waals surface area contributed by atoms with Gasteiger partial charge in [-0.2, -0.15) is 15.4 Å². The Hall–Kier alpha value is -2.41. The van der Waals surface area contributed by atoms with Crippen LogP contribution in [0.3, 0.4) is 0 Å². The van der Waals surface area contributed by atoms with Crippen LogP contribution in [0, 0.1) is 5.82 Å². The molecule has 1 aromatic carbocycles. The average molecular weight is 280 g/mol. The van der Waals surface area contributed by atoms with Crippen molar-refractivity contribution in [3.8, 4) is 22.5 Å². The van der Waals surface area contributed by atoms with Crippen molar-refractivity contribution in [3.05, 3.63) is 35.2 Å². The molecule has 96 valence electrons. The van der Waals surface area contributed by atoms with Gasteiger partial charge < -0.3 is 10.3 Å². The number of hydrogen-bond acceptors (Lipinski definition) is 5. The molecule has 0 unspecified atom stereocenters.